The van der Waals surface area contributed by atoms with Crippen LogP contribution in [0.4, 0.5) is 4.39 Å². The molecular formula is C14H17FN2OS. The number of thioether (sulfide) groups is 1. The van der Waals surface area contributed by atoms with E-state index in [1.54, 1.807) is 23.9 Å². The van der Waals surface area contributed by atoms with E-state index in [0.717, 1.165) is 42.5 Å². The summed E-state index contributed by atoms with van der Waals surface area (Å²) >= 11 is 1.78. The lowest BCUT2D eigenvalue weighted by atomic mass is 9.93. The van der Waals surface area contributed by atoms with Crippen molar-refractivity contribution in [3.05, 3.63) is 35.6 Å². The molecular weight excluding hydrogens is 263 g/mol. The maximum Gasteiger partial charge on any atom is 0.157 e. The predicted molar refractivity (Wildman–Crippen MR) is 75.9 cm³/mol. The van der Waals surface area contributed by atoms with Crippen LogP contribution in [0.3, 0.4) is 0 Å². The Morgan fingerprint density at radius 2 is 2.00 bits per heavy atom. The molecule has 3 rings (SSSR count). The van der Waals surface area contributed by atoms with E-state index in [0.29, 0.717) is 6.54 Å². The molecule has 2 aliphatic heterocycles. The van der Waals surface area contributed by atoms with Gasteiger partial charge in [-0.05, 0) is 30.5 Å². The van der Waals surface area contributed by atoms with Gasteiger partial charge in [-0.2, -0.15) is 0 Å². The van der Waals surface area contributed by atoms with Gasteiger partial charge in [-0.15, -0.1) is 0 Å². The van der Waals surface area contributed by atoms with Crippen molar-refractivity contribution in [2.75, 3.05) is 19.0 Å². The average molecular weight is 280 g/mol. The van der Waals surface area contributed by atoms with Gasteiger partial charge in [0.05, 0.1) is 12.1 Å². The molecule has 3 nitrogen and oxygen atoms in total. The van der Waals surface area contributed by atoms with Crippen LogP contribution in [0.15, 0.2) is 29.3 Å². The topological polar surface area (TPSA) is 33.6 Å². The minimum atomic E-state index is -0.203. The van der Waals surface area contributed by atoms with E-state index in [1.807, 2.05) is 0 Å². The highest BCUT2D eigenvalue weighted by atomic mass is 32.2. The van der Waals surface area contributed by atoms with Gasteiger partial charge in [0.25, 0.3) is 0 Å². The Hall–Kier alpha value is -1.07. The van der Waals surface area contributed by atoms with Gasteiger partial charge in [-0.3, -0.25) is 4.99 Å². The molecule has 0 amide bonds. The third kappa shape index (κ3) is 3.09. The summed E-state index contributed by atoms with van der Waals surface area (Å²) < 4.78 is 18.2. The second-order valence-corrected chi connectivity index (χ2v) is 6.02. The number of benzene rings is 1. The van der Waals surface area contributed by atoms with Crippen LogP contribution in [0.1, 0.15) is 18.4 Å². The third-order valence-corrected chi connectivity index (χ3v) is 4.83. The van der Waals surface area contributed by atoms with Crippen LogP contribution in [-0.2, 0) is 11.3 Å². The summed E-state index contributed by atoms with van der Waals surface area (Å²) in [5.74, 6) is 0.865. The van der Waals surface area contributed by atoms with E-state index in [-0.39, 0.29) is 11.4 Å². The molecule has 2 saturated heterocycles. The van der Waals surface area contributed by atoms with Gasteiger partial charge >= 0.3 is 0 Å². The summed E-state index contributed by atoms with van der Waals surface area (Å²) in [6.07, 6.45) is 2.10. The molecule has 1 spiro atoms. The fraction of sp³-hybridized carbons (Fsp3) is 0.500. The van der Waals surface area contributed by atoms with Crippen molar-refractivity contribution in [1.29, 1.82) is 0 Å². The zero-order valence-electron chi connectivity index (χ0n) is 10.7. The summed E-state index contributed by atoms with van der Waals surface area (Å²) in [6, 6.07) is 6.52. The first kappa shape index (κ1) is 12.9. The molecule has 0 radical (unpaired) electrons. The van der Waals surface area contributed by atoms with Gasteiger partial charge in [-0.1, -0.05) is 23.9 Å². The third-order valence-electron chi connectivity index (χ3n) is 3.63. The highest BCUT2D eigenvalue weighted by molar-refractivity contribution is 8.14. The summed E-state index contributed by atoms with van der Waals surface area (Å²) in [6.45, 7) is 2.26. The van der Waals surface area contributed by atoms with E-state index in [2.05, 4.69) is 10.3 Å². The molecule has 102 valence electrons. The van der Waals surface area contributed by atoms with Crippen molar-refractivity contribution in [3.63, 3.8) is 0 Å². The van der Waals surface area contributed by atoms with Crippen LogP contribution in [-0.4, -0.2) is 29.7 Å². The molecule has 0 unspecified atom stereocenters. The molecule has 2 fully saturated rings. The van der Waals surface area contributed by atoms with Crippen molar-refractivity contribution < 1.29 is 9.13 Å². The van der Waals surface area contributed by atoms with E-state index in [9.17, 15) is 4.39 Å². The Morgan fingerprint density at radius 1 is 1.26 bits per heavy atom. The zero-order valence-corrected chi connectivity index (χ0v) is 11.5. The number of hydrogen-bond donors (Lipinski definition) is 1. The van der Waals surface area contributed by atoms with Crippen LogP contribution < -0.4 is 5.32 Å². The molecule has 0 aliphatic carbocycles. The van der Waals surface area contributed by atoms with Gasteiger partial charge in [0, 0.05) is 19.0 Å². The van der Waals surface area contributed by atoms with Crippen molar-refractivity contribution in [1.82, 2.24) is 5.32 Å². The molecule has 0 aromatic heterocycles. The maximum absolute atomic E-state index is 12.8. The van der Waals surface area contributed by atoms with Crippen LogP contribution in [0.5, 0.6) is 0 Å². The van der Waals surface area contributed by atoms with E-state index in [1.165, 1.54) is 12.1 Å². The Balaban J connectivity index is 1.61. The Bertz CT molecular complexity index is 469. The number of amidine groups is 1. The molecule has 5 heteroatoms. The van der Waals surface area contributed by atoms with Gasteiger partial charge in [0.2, 0.25) is 0 Å². The van der Waals surface area contributed by atoms with Crippen LogP contribution in [0.25, 0.3) is 0 Å². The van der Waals surface area contributed by atoms with Crippen LogP contribution in [0.2, 0.25) is 0 Å². The van der Waals surface area contributed by atoms with Gasteiger partial charge in [0.1, 0.15) is 5.82 Å². The molecule has 1 aromatic rings. The van der Waals surface area contributed by atoms with Crippen molar-refractivity contribution in [2.24, 2.45) is 4.99 Å². The highest BCUT2D eigenvalue weighted by Crippen LogP contribution is 2.31. The molecule has 0 atom stereocenters. The quantitative estimate of drug-likeness (QED) is 0.904. The molecule has 2 heterocycles. The van der Waals surface area contributed by atoms with E-state index >= 15 is 0 Å². The van der Waals surface area contributed by atoms with Crippen molar-refractivity contribution in [2.45, 2.75) is 24.9 Å². The number of ether oxygens (including phenoxy) is 1. The molecule has 1 N–H and O–H groups in total. The van der Waals surface area contributed by atoms with Crippen molar-refractivity contribution >= 4 is 16.9 Å². The lowest BCUT2D eigenvalue weighted by Crippen LogP contribution is -2.48. The number of rotatable bonds is 2. The van der Waals surface area contributed by atoms with E-state index in [4.69, 9.17) is 4.74 Å². The van der Waals surface area contributed by atoms with Crippen LogP contribution in [0, 0.1) is 5.82 Å². The van der Waals surface area contributed by atoms with Crippen molar-refractivity contribution in [3.8, 4) is 0 Å². The Kier molecular flexibility index (Phi) is 3.75. The van der Waals surface area contributed by atoms with E-state index < -0.39 is 0 Å². The van der Waals surface area contributed by atoms with Crippen LogP contribution >= 0.6 is 11.8 Å². The minimum absolute atomic E-state index is 0.185. The highest BCUT2D eigenvalue weighted by Gasteiger charge is 2.38. The number of nitrogens with zero attached hydrogens (tertiary/aromatic N) is 1. The first-order valence-electron chi connectivity index (χ1n) is 6.53. The first-order valence-corrected chi connectivity index (χ1v) is 7.52. The minimum Gasteiger partial charge on any atom is -0.381 e. The summed E-state index contributed by atoms with van der Waals surface area (Å²) in [7, 11) is 0. The number of nitrogens with one attached hydrogen (secondary N) is 1. The smallest absolute Gasteiger partial charge is 0.157 e. The molecule has 19 heavy (non-hydrogen) atoms. The fourth-order valence-electron chi connectivity index (χ4n) is 2.38. The summed E-state index contributed by atoms with van der Waals surface area (Å²) in [4.78, 5) is 4.58. The predicted octanol–water partition coefficient (Wildman–Crippen LogP) is 2.57. The molecule has 0 saturated carbocycles. The lowest BCUT2D eigenvalue weighted by Gasteiger charge is -2.32. The first-order chi connectivity index (χ1) is 9.26. The largest absolute Gasteiger partial charge is 0.381 e. The lowest BCUT2D eigenvalue weighted by molar-refractivity contribution is 0.0555. The second kappa shape index (κ2) is 5.51. The zero-order chi connectivity index (χ0) is 13.1. The molecule has 0 bridgehead atoms. The normalized spacial score (nSPS) is 23.7. The fourth-order valence-corrected chi connectivity index (χ4v) is 3.59. The molecule has 1 aromatic carbocycles. The monoisotopic (exact) mass is 280 g/mol. The summed E-state index contributed by atoms with van der Waals surface area (Å²) in [5.41, 5.74) is 1.22. The van der Waals surface area contributed by atoms with Gasteiger partial charge in [0.15, 0.2) is 5.17 Å². The Morgan fingerprint density at radius 3 is 2.74 bits per heavy atom. The SMILES string of the molecule is Fc1ccc(CN=C2NC3(CCOCC3)CS2)cc1. The van der Waals surface area contributed by atoms with Gasteiger partial charge < -0.3 is 10.1 Å². The summed E-state index contributed by atoms with van der Waals surface area (Å²) in [5, 5.41) is 4.55. The average Bonchev–Trinajstić information content (AvgIpc) is 2.82. The Labute approximate surface area is 116 Å². The number of aliphatic imine (C=N–C) groups is 1. The van der Waals surface area contributed by atoms with Gasteiger partial charge in [-0.25, -0.2) is 4.39 Å². The maximum atomic E-state index is 12.8. The molecule has 2 aliphatic rings. The second-order valence-electron chi connectivity index (χ2n) is 5.05. The number of hydrogen-bond acceptors (Lipinski definition) is 3. The number of halogens is 1. The standard InChI is InChI=1S/C14H17FN2OS/c15-12-3-1-11(2-4-12)9-16-13-17-14(10-19-13)5-7-18-8-6-14/h1-4H,5-10H2,(H,16,17).